The van der Waals surface area contributed by atoms with Crippen molar-refractivity contribution in [3.8, 4) is 0 Å². The normalized spacial score (nSPS) is 23.6. The first-order valence-corrected chi connectivity index (χ1v) is 8.75. The molecule has 25 heavy (non-hydrogen) atoms. The molecule has 0 saturated carbocycles. The number of nitrogens with one attached hydrogen (secondary N) is 1. The maximum absolute atomic E-state index is 5.56. The average molecular weight is 460 g/mol. The van der Waals surface area contributed by atoms with Gasteiger partial charge in [0.25, 0.3) is 0 Å². The van der Waals surface area contributed by atoms with E-state index in [1.807, 2.05) is 24.6 Å². The lowest BCUT2D eigenvalue weighted by atomic mass is 9.91. The molecule has 0 amide bonds. The number of aliphatic imine (C=N–C) groups is 1. The van der Waals surface area contributed by atoms with E-state index in [1.165, 1.54) is 12.8 Å². The average Bonchev–Trinajstić information content (AvgIpc) is 3.31. The zero-order chi connectivity index (χ0) is 16.9. The molecule has 2 unspecified atom stereocenters. The van der Waals surface area contributed by atoms with Gasteiger partial charge in [-0.2, -0.15) is 0 Å². The number of hydrogen-bond acceptors (Lipinski definition) is 4. The van der Waals surface area contributed by atoms with E-state index in [4.69, 9.17) is 9.73 Å². The maximum atomic E-state index is 5.56. The van der Waals surface area contributed by atoms with Crippen LogP contribution in [0.3, 0.4) is 0 Å². The summed E-state index contributed by atoms with van der Waals surface area (Å²) in [6, 6.07) is 0. The molecule has 0 bridgehead atoms. The summed E-state index contributed by atoms with van der Waals surface area (Å²) < 4.78 is 7.54. The molecule has 7 nitrogen and oxygen atoms in total. The Morgan fingerprint density at radius 1 is 1.40 bits per heavy atom. The first kappa shape index (κ1) is 20.2. The molecule has 1 aromatic heterocycles. The molecule has 2 saturated heterocycles. The third-order valence-electron chi connectivity index (χ3n) is 5.11. The second-order valence-electron chi connectivity index (χ2n) is 6.65. The van der Waals surface area contributed by atoms with Gasteiger partial charge in [0.05, 0.1) is 0 Å². The molecule has 0 aromatic carbocycles. The van der Waals surface area contributed by atoms with Gasteiger partial charge in [0.2, 0.25) is 0 Å². The van der Waals surface area contributed by atoms with Gasteiger partial charge in [-0.1, -0.05) is 6.08 Å². The standard InChI is InChI=1S/C17H28N6O.HI/c1-4-7-18-17(19-10-16-21-20-13(2)22(16)3)23-8-5-14(11-23)15-6-9-24-12-15;/h4,14-15H,1,5-12H2,2-3H3,(H,18,19);1H. The lowest BCUT2D eigenvalue weighted by molar-refractivity contribution is 0.173. The van der Waals surface area contributed by atoms with Crippen LogP contribution in [0.4, 0.5) is 0 Å². The molecular weight excluding hydrogens is 431 g/mol. The molecule has 140 valence electrons. The van der Waals surface area contributed by atoms with Gasteiger partial charge < -0.3 is 19.5 Å². The van der Waals surface area contributed by atoms with Gasteiger partial charge in [-0.15, -0.1) is 40.8 Å². The molecule has 2 fully saturated rings. The Labute approximate surface area is 166 Å². The zero-order valence-corrected chi connectivity index (χ0v) is 17.5. The third kappa shape index (κ3) is 4.93. The van der Waals surface area contributed by atoms with Crippen molar-refractivity contribution >= 4 is 29.9 Å². The van der Waals surface area contributed by atoms with E-state index < -0.39 is 0 Å². The molecular formula is C17H29IN6O. The summed E-state index contributed by atoms with van der Waals surface area (Å²) in [5.74, 6) is 4.14. The van der Waals surface area contributed by atoms with Crippen LogP contribution in [0.2, 0.25) is 0 Å². The second kappa shape index (κ2) is 9.51. The summed E-state index contributed by atoms with van der Waals surface area (Å²) in [5.41, 5.74) is 0. The number of rotatable bonds is 5. The largest absolute Gasteiger partial charge is 0.381 e. The molecule has 0 radical (unpaired) electrons. The highest BCUT2D eigenvalue weighted by atomic mass is 127. The van der Waals surface area contributed by atoms with Crippen molar-refractivity contribution in [2.24, 2.45) is 23.9 Å². The van der Waals surface area contributed by atoms with Gasteiger partial charge in [0.15, 0.2) is 11.8 Å². The van der Waals surface area contributed by atoms with E-state index in [1.54, 1.807) is 0 Å². The number of guanidine groups is 1. The second-order valence-corrected chi connectivity index (χ2v) is 6.65. The highest BCUT2D eigenvalue weighted by Gasteiger charge is 2.33. The van der Waals surface area contributed by atoms with Crippen LogP contribution < -0.4 is 5.32 Å². The van der Waals surface area contributed by atoms with Gasteiger partial charge in [0.1, 0.15) is 12.4 Å². The van der Waals surface area contributed by atoms with Crippen molar-refractivity contribution < 1.29 is 4.74 Å². The third-order valence-corrected chi connectivity index (χ3v) is 5.11. The summed E-state index contributed by atoms with van der Waals surface area (Å²) in [6.07, 6.45) is 4.27. The lowest BCUT2D eigenvalue weighted by Crippen LogP contribution is -2.40. The van der Waals surface area contributed by atoms with Crippen LogP contribution in [0.25, 0.3) is 0 Å². The van der Waals surface area contributed by atoms with Crippen LogP contribution in [0, 0.1) is 18.8 Å². The van der Waals surface area contributed by atoms with Crippen LogP contribution in [0.5, 0.6) is 0 Å². The molecule has 1 N–H and O–H groups in total. The van der Waals surface area contributed by atoms with Crippen LogP contribution in [-0.2, 0) is 18.3 Å². The van der Waals surface area contributed by atoms with Crippen molar-refractivity contribution in [2.75, 3.05) is 32.8 Å². The van der Waals surface area contributed by atoms with E-state index in [0.29, 0.717) is 24.9 Å². The first-order valence-electron chi connectivity index (χ1n) is 8.75. The Morgan fingerprint density at radius 3 is 2.88 bits per heavy atom. The van der Waals surface area contributed by atoms with Crippen molar-refractivity contribution in [1.82, 2.24) is 25.0 Å². The van der Waals surface area contributed by atoms with Crippen molar-refractivity contribution in [3.63, 3.8) is 0 Å². The fraction of sp³-hybridized carbons (Fsp3) is 0.706. The summed E-state index contributed by atoms with van der Waals surface area (Å²) in [6.45, 7) is 10.9. The van der Waals surface area contributed by atoms with Crippen LogP contribution in [0.1, 0.15) is 24.5 Å². The van der Waals surface area contributed by atoms with Gasteiger partial charge in [-0.3, -0.25) is 0 Å². The Balaban J connectivity index is 0.00000225. The quantitative estimate of drug-likeness (QED) is 0.314. The molecule has 1 aromatic rings. The minimum absolute atomic E-state index is 0. The van der Waals surface area contributed by atoms with Crippen LogP contribution >= 0.6 is 24.0 Å². The maximum Gasteiger partial charge on any atom is 0.194 e. The number of aryl methyl sites for hydroxylation is 1. The molecule has 0 aliphatic carbocycles. The molecule has 3 rings (SSSR count). The number of likely N-dealkylation sites (tertiary alicyclic amines) is 1. The fourth-order valence-corrected chi connectivity index (χ4v) is 3.45. The van der Waals surface area contributed by atoms with Gasteiger partial charge in [-0.05, 0) is 31.6 Å². The summed E-state index contributed by atoms with van der Waals surface area (Å²) in [7, 11) is 1.98. The highest BCUT2D eigenvalue weighted by Crippen LogP contribution is 2.29. The number of nitrogens with zero attached hydrogens (tertiary/aromatic N) is 5. The SMILES string of the molecule is C=CCNC(=NCc1nnc(C)n1C)N1CCC(C2CCOC2)C1.I. The summed E-state index contributed by atoms with van der Waals surface area (Å²) in [5, 5.41) is 11.7. The lowest BCUT2D eigenvalue weighted by Gasteiger charge is -2.23. The predicted octanol–water partition coefficient (Wildman–Crippen LogP) is 1.73. The molecule has 3 heterocycles. The summed E-state index contributed by atoms with van der Waals surface area (Å²) >= 11 is 0. The molecule has 2 aliphatic rings. The zero-order valence-electron chi connectivity index (χ0n) is 15.1. The number of hydrogen-bond donors (Lipinski definition) is 1. The monoisotopic (exact) mass is 460 g/mol. The Kier molecular flexibility index (Phi) is 7.67. The Hall–Kier alpha value is -1.16. The minimum atomic E-state index is 0. The first-order chi connectivity index (χ1) is 11.7. The number of halogens is 1. The predicted molar refractivity (Wildman–Crippen MR) is 109 cm³/mol. The number of aromatic nitrogens is 3. The van der Waals surface area contributed by atoms with E-state index in [9.17, 15) is 0 Å². The smallest absolute Gasteiger partial charge is 0.194 e. The van der Waals surface area contributed by atoms with Crippen molar-refractivity contribution in [3.05, 3.63) is 24.3 Å². The van der Waals surface area contributed by atoms with Gasteiger partial charge in [0, 0.05) is 39.9 Å². The molecule has 2 aliphatic heterocycles. The van der Waals surface area contributed by atoms with E-state index in [-0.39, 0.29) is 24.0 Å². The van der Waals surface area contributed by atoms with E-state index in [2.05, 4.69) is 27.0 Å². The Morgan fingerprint density at radius 2 is 2.24 bits per heavy atom. The van der Waals surface area contributed by atoms with Crippen molar-refractivity contribution in [1.29, 1.82) is 0 Å². The van der Waals surface area contributed by atoms with Crippen LogP contribution in [0.15, 0.2) is 17.6 Å². The van der Waals surface area contributed by atoms with Crippen molar-refractivity contribution in [2.45, 2.75) is 26.3 Å². The van der Waals surface area contributed by atoms with Crippen LogP contribution in [-0.4, -0.2) is 58.5 Å². The Bertz CT molecular complexity index is 596. The van der Waals surface area contributed by atoms with Gasteiger partial charge in [-0.25, -0.2) is 4.99 Å². The minimum Gasteiger partial charge on any atom is -0.381 e. The summed E-state index contributed by atoms with van der Waals surface area (Å²) in [4.78, 5) is 7.13. The molecule has 8 heteroatoms. The van der Waals surface area contributed by atoms with Gasteiger partial charge >= 0.3 is 0 Å². The molecule has 2 atom stereocenters. The van der Waals surface area contributed by atoms with E-state index >= 15 is 0 Å². The fourth-order valence-electron chi connectivity index (χ4n) is 3.45. The topological polar surface area (TPSA) is 67.6 Å². The molecule has 0 spiro atoms. The number of ether oxygens (including phenoxy) is 1. The highest BCUT2D eigenvalue weighted by molar-refractivity contribution is 14.0. The van der Waals surface area contributed by atoms with E-state index in [0.717, 1.165) is 43.9 Å².